The standard InChI is InChI=1S/C10H7F3S/c1-5-2-3-6(10(12)13)9-7(5)4-8(11)14-9/h2-4,10H,1H3. The summed E-state index contributed by atoms with van der Waals surface area (Å²) in [7, 11) is 0. The fourth-order valence-electron chi connectivity index (χ4n) is 1.42. The van der Waals surface area contributed by atoms with Crippen LogP contribution in [-0.2, 0) is 0 Å². The van der Waals surface area contributed by atoms with Crippen LogP contribution in [0.15, 0.2) is 18.2 Å². The highest BCUT2D eigenvalue weighted by molar-refractivity contribution is 7.17. The highest BCUT2D eigenvalue weighted by Crippen LogP contribution is 2.35. The molecule has 0 N–H and O–H groups in total. The third-order valence-corrected chi connectivity index (χ3v) is 3.11. The number of rotatable bonds is 1. The number of halogens is 3. The van der Waals surface area contributed by atoms with Crippen LogP contribution in [0.2, 0.25) is 0 Å². The predicted octanol–water partition coefficient (Wildman–Crippen LogP) is 4.29. The number of thiophene rings is 1. The molecule has 0 aliphatic carbocycles. The Morgan fingerprint density at radius 2 is 2.00 bits per heavy atom. The fourth-order valence-corrected chi connectivity index (χ4v) is 2.40. The molecule has 1 aromatic carbocycles. The average Bonchev–Trinajstić information content (AvgIpc) is 2.47. The summed E-state index contributed by atoms with van der Waals surface area (Å²) in [6, 6.07) is 4.26. The SMILES string of the molecule is Cc1ccc(C(F)F)c2sc(F)cc12. The lowest BCUT2D eigenvalue weighted by molar-refractivity contribution is 0.153. The Morgan fingerprint density at radius 1 is 1.29 bits per heavy atom. The molecule has 0 saturated heterocycles. The van der Waals surface area contributed by atoms with Gasteiger partial charge in [0.15, 0.2) is 5.13 Å². The van der Waals surface area contributed by atoms with Crippen molar-refractivity contribution >= 4 is 21.4 Å². The molecule has 0 unspecified atom stereocenters. The Labute approximate surface area is 83.0 Å². The summed E-state index contributed by atoms with van der Waals surface area (Å²) in [5.74, 6) is 0. The van der Waals surface area contributed by atoms with Crippen LogP contribution in [0.3, 0.4) is 0 Å². The third kappa shape index (κ3) is 1.39. The Morgan fingerprint density at radius 3 is 2.64 bits per heavy atom. The first kappa shape index (κ1) is 9.52. The molecule has 0 nitrogen and oxygen atoms in total. The van der Waals surface area contributed by atoms with Gasteiger partial charge in [-0.3, -0.25) is 0 Å². The predicted molar refractivity (Wildman–Crippen MR) is 51.5 cm³/mol. The maximum absolute atomic E-state index is 12.9. The monoisotopic (exact) mass is 216 g/mol. The molecule has 14 heavy (non-hydrogen) atoms. The molecule has 0 radical (unpaired) electrons. The van der Waals surface area contributed by atoms with Crippen molar-refractivity contribution in [3.05, 3.63) is 34.5 Å². The highest BCUT2D eigenvalue weighted by atomic mass is 32.1. The minimum atomic E-state index is -2.55. The quantitative estimate of drug-likeness (QED) is 0.667. The number of aryl methyl sites for hydroxylation is 1. The third-order valence-electron chi connectivity index (χ3n) is 2.14. The van der Waals surface area contributed by atoms with E-state index in [4.69, 9.17) is 0 Å². The van der Waals surface area contributed by atoms with Gasteiger partial charge in [-0.1, -0.05) is 12.1 Å². The molecule has 0 atom stereocenters. The number of benzene rings is 1. The summed E-state index contributed by atoms with van der Waals surface area (Å²) in [6.07, 6.45) is -2.55. The van der Waals surface area contributed by atoms with E-state index in [9.17, 15) is 13.2 Å². The lowest BCUT2D eigenvalue weighted by atomic mass is 10.1. The molecule has 1 heterocycles. The summed E-state index contributed by atoms with van der Waals surface area (Å²) in [5.41, 5.74) is 0.740. The normalized spacial score (nSPS) is 11.5. The Kier molecular flexibility index (Phi) is 2.23. The van der Waals surface area contributed by atoms with Gasteiger partial charge in [0.05, 0.1) is 0 Å². The number of hydrogen-bond acceptors (Lipinski definition) is 1. The van der Waals surface area contributed by atoms with Crippen molar-refractivity contribution in [3.63, 3.8) is 0 Å². The molecule has 0 bridgehead atoms. The smallest absolute Gasteiger partial charge is 0.205 e. The molecule has 0 saturated carbocycles. The van der Waals surface area contributed by atoms with Crippen molar-refractivity contribution in [3.8, 4) is 0 Å². The van der Waals surface area contributed by atoms with Crippen LogP contribution in [0.4, 0.5) is 13.2 Å². The largest absolute Gasteiger partial charge is 0.265 e. The first-order valence-corrected chi connectivity index (χ1v) is 4.88. The first-order valence-electron chi connectivity index (χ1n) is 4.06. The second-order valence-electron chi connectivity index (χ2n) is 3.07. The molecule has 0 fully saturated rings. The van der Waals surface area contributed by atoms with E-state index in [2.05, 4.69) is 0 Å². The molecule has 0 amide bonds. The molecule has 0 aliphatic heterocycles. The van der Waals surface area contributed by atoms with Gasteiger partial charge in [0.25, 0.3) is 6.43 Å². The molecule has 0 spiro atoms. The molecule has 1 aromatic heterocycles. The van der Waals surface area contributed by atoms with E-state index < -0.39 is 11.6 Å². The topological polar surface area (TPSA) is 0 Å². The second kappa shape index (κ2) is 3.28. The summed E-state index contributed by atoms with van der Waals surface area (Å²) >= 11 is 0.775. The lowest BCUT2D eigenvalue weighted by Crippen LogP contribution is -1.84. The van der Waals surface area contributed by atoms with Crippen molar-refractivity contribution in [1.29, 1.82) is 0 Å². The van der Waals surface area contributed by atoms with Gasteiger partial charge >= 0.3 is 0 Å². The lowest BCUT2D eigenvalue weighted by Gasteiger charge is -2.02. The Balaban J connectivity index is 2.81. The summed E-state index contributed by atoms with van der Waals surface area (Å²) in [4.78, 5) is 0. The molecule has 0 aliphatic rings. The maximum Gasteiger partial charge on any atom is 0.265 e. The van der Waals surface area contributed by atoms with Crippen molar-refractivity contribution in [2.45, 2.75) is 13.3 Å². The van der Waals surface area contributed by atoms with Gasteiger partial charge in [0, 0.05) is 10.3 Å². The van der Waals surface area contributed by atoms with Crippen LogP contribution in [0.1, 0.15) is 17.6 Å². The fraction of sp³-hybridized carbons (Fsp3) is 0.200. The number of alkyl halides is 2. The molecule has 4 heteroatoms. The zero-order valence-corrected chi connectivity index (χ0v) is 8.17. The molecular weight excluding hydrogens is 209 g/mol. The van der Waals surface area contributed by atoms with E-state index in [0.717, 1.165) is 16.9 Å². The van der Waals surface area contributed by atoms with Gasteiger partial charge in [0.2, 0.25) is 0 Å². The van der Waals surface area contributed by atoms with E-state index in [1.54, 1.807) is 13.0 Å². The molecule has 2 rings (SSSR count). The summed E-state index contributed by atoms with van der Waals surface area (Å²) in [5, 5.41) is 0.168. The van der Waals surface area contributed by atoms with Crippen molar-refractivity contribution < 1.29 is 13.2 Å². The summed E-state index contributed by atoms with van der Waals surface area (Å²) in [6.45, 7) is 1.78. The average molecular weight is 216 g/mol. The molecular formula is C10H7F3S. The van der Waals surface area contributed by atoms with E-state index in [1.807, 2.05) is 0 Å². The van der Waals surface area contributed by atoms with Crippen molar-refractivity contribution in [2.75, 3.05) is 0 Å². The van der Waals surface area contributed by atoms with E-state index in [-0.39, 0.29) is 5.56 Å². The van der Waals surface area contributed by atoms with E-state index >= 15 is 0 Å². The van der Waals surface area contributed by atoms with Crippen LogP contribution in [-0.4, -0.2) is 0 Å². The van der Waals surface area contributed by atoms with Gasteiger partial charge in [-0.15, -0.1) is 11.3 Å². The maximum atomic E-state index is 12.9. The van der Waals surface area contributed by atoms with Crippen molar-refractivity contribution in [1.82, 2.24) is 0 Å². The summed E-state index contributed by atoms with van der Waals surface area (Å²) < 4.78 is 38.3. The van der Waals surface area contributed by atoms with Gasteiger partial charge in [0.1, 0.15) is 0 Å². The molecule has 2 aromatic rings. The number of fused-ring (bicyclic) bond motifs is 1. The second-order valence-corrected chi connectivity index (χ2v) is 4.07. The van der Waals surface area contributed by atoms with E-state index in [0.29, 0.717) is 10.1 Å². The van der Waals surface area contributed by atoms with Crippen molar-refractivity contribution in [2.24, 2.45) is 0 Å². The van der Waals surface area contributed by atoms with Crippen LogP contribution in [0.5, 0.6) is 0 Å². The Hall–Kier alpha value is -1.03. The van der Waals surface area contributed by atoms with Crippen LogP contribution in [0.25, 0.3) is 10.1 Å². The van der Waals surface area contributed by atoms with Gasteiger partial charge < -0.3 is 0 Å². The minimum absolute atomic E-state index is 0.0838. The zero-order chi connectivity index (χ0) is 10.3. The highest BCUT2D eigenvalue weighted by Gasteiger charge is 2.15. The van der Waals surface area contributed by atoms with E-state index in [1.165, 1.54) is 12.1 Å². The first-order chi connectivity index (χ1) is 6.59. The zero-order valence-electron chi connectivity index (χ0n) is 7.35. The Bertz CT molecular complexity index is 473. The van der Waals surface area contributed by atoms with Crippen LogP contribution < -0.4 is 0 Å². The molecule has 74 valence electrons. The van der Waals surface area contributed by atoms with Crippen LogP contribution in [0, 0.1) is 12.1 Å². The van der Waals surface area contributed by atoms with Crippen LogP contribution >= 0.6 is 11.3 Å². The minimum Gasteiger partial charge on any atom is -0.205 e. The van der Waals surface area contributed by atoms with Gasteiger partial charge in [-0.2, -0.15) is 4.39 Å². The van der Waals surface area contributed by atoms with Gasteiger partial charge in [-0.25, -0.2) is 8.78 Å². The number of hydrogen-bond donors (Lipinski definition) is 0. The van der Waals surface area contributed by atoms with Gasteiger partial charge in [-0.05, 0) is 23.9 Å².